The van der Waals surface area contributed by atoms with E-state index in [2.05, 4.69) is 4.98 Å². The average molecular weight is 373 g/mol. The minimum atomic E-state index is -0.424. The topological polar surface area (TPSA) is 76.3 Å². The van der Waals surface area contributed by atoms with Crippen LogP contribution >= 0.6 is 23.1 Å². The maximum Gasteiger partial charge on any atom is 0.270 e. The molecular weight excluding hydrogens is 358 g/mol. The molecule has 2 aromatic carbocycles. The molecule has 1 amide bonds. The molecule has 0 bridgehead atoms. The van der Waals surface area contributed by atoms with Crippen LogP contribution < -0.4 is 4.90 Å². The highest BCUT2D eigenvalue weighted by atomic mass is 32.2. The molecule has 0 saturated carbocycles. The number of carbonyl (C=O) groups is 1. The molecule has 0 saturated heterocycles. The zero-order chi connectivity index (χ0) is 18.0. The Morgan fingerprint density at radius 3 is 2.68 bits per heavy atom. The first kappa shape index (κ1) is 17.4. The van der Waals surface area contributed by atoms with Gasteiger partial charge in [-0.1, -0.05) is 30.0 Å². The molecule has 0 unspecified atom stereocenters. The summed E-state index contributed by atoms with van der Waals surface area (Å²) in [6, 6.07) is 14.0. The Morgan fingerprint density at radius 1 is 1.28 bits per heavy atom. The van der Waals surface area contributed by atoms with Gasteiger partial charge in [0.15, 0.2) is 4.34 Å². The summed E-state index contributed by atoms with van der Waals surface area (Å²) in [5.74, 6) is -0.0264. The number of nitrogens with zero attached hydrogens (tertiary/aromatic N) is 3. The fourth-order valence-electron chi connectivity index (χ4n) is 2.31. The van der Waals surface area contributed by atoms with Gasteiger partial charge in [0.05, 0.1) is 20.4 Å². The van der Waals surface area contributed by atoms with Crippen LogP contribution in [0.4, 0.5) is 11.4 Å². The highest BCUT2D eigenvalue weighted by Gasteiger charge is 2.21. The van der Waals surface area contributed by atoms with Crippen molar-refractivity contribution in [1.82, 2.24) is 4.98 Å². The van der Waals surface area contributed by atoms with E-state index in [1.165, 1.54) is 35.2 Å². The number of rotatable bonds is 5. The Kier molecular flexibility index (Phi) is 5.00. The molecule has 128 valence electrons. The van der Waals surface area contributed by atoms with Crippen molar-refractivity contribution in [3.8, 4) is 0 Å². The van der Waals surface area contributed by atoms with E-state index >= 15 is 0 Å². The monoisotopic (exact) mass is 373 g/mol. The van der Waals surface area contributed by atoms with E-state index in [4.69, 9.17) is 0 Å². The molecule has 0 aliphatic rings. The summed E-state index contributed by atoms with van der Waals surface area (Å²) in [6.45, 7) is 1.83. The summed E-state index contributed by atoms with van der Waals surface area (Å²) < 4.78 is 1.46. The van der Waals surface area contributed by atoms with Crippen molar-refractivity contribution in [2.75, 3.05) is 11.9 Å². The van der Waals surface area contributed by atoms with Gasteiger partial charge in [-0.25, -0.2) is 4.98 Å². The Bertz CT molecular complexity index is 927. The number of thioether (sulfide) groups is 1. The van der Waals surface area contributed by atoms with Gasteiger partial charge in [-0.05, 0) is 25.1 Å². The molecule has 0 fully saturated rings. The summed E-state index contributed by atoms with van der Waals surface area (Å²) in [4.78, 5) is 29.1. The third-order valence-electron chi connectivity index (χ3n) is 3.66. The SMILES string of the molecule is C[C@H](Sc1nc2ccc([N+](=O)[O-])cc2s1)C(=O)N(C)c1ccccc1. The number of nitro benzene ring substituents is 1. The van der Waals surface area contributed by atoms with Gasteiger partial charge >= 0.3 is 0 Å². The van der Waals surface area contributed by atoms with Crippen LogP contribution in [0, 0.1) is 10.1 Å². The minimum Gasteiger partial charge on any atom is -0.315 e. The lowest BCUT2D eigenvalue weighted by Crippen LogP contribution is -2.33. The fourth-order valence-corrected chi connectivity index (χ4v) is 4.65. The number of benzene rings is 2. The van der Waals surface area contributed by atoms with Gasteiger partial charge < -0.3 is 4.90 Å². The largest absolute Gasteiger partial charge is 0.315 e. The van der Waals surface area contributed by atoms with E-state index in [0.717, 1.165) is 14.7 Å². The number of aromatic nitrogens is 1. The molecule has 3 rings (SSSR count). The summed E-state index contributed by atoms with van der Waals surface area (Å²) in [5, 5.41) is 10.5. The van der Waals surface area contributed by atoms with Gasteiger partial charge in [-0.2, -0.15) is 0 Å². The molecule has 1 aromatic heterocycles. The van der Waals surface area contributed by atoms with Crippen LogP contribution in [-0.2, 0) is 4.79 Å². The van der Waals surface area contributed by atoms with Crippen molar-refractivity contribution in [1.29, 1.82) is 0 Å². The Morgan fingerprint density at radius 2 is 2.00 bits per heavy atom. The molecule has 3 aromatic rings. The molecule has 0 N–H and O–H groups in total. The Balaban J connectivity index is 1.76. The number of non-ortho nitro benzene ring substituents is 1. The zero-order valence-corrected chi connectivity index (χ0v) is 15.2. The minimum absolute atomic E-state index is 0.0264. The number of nitro groups is 1. The molecule has 6 nitrogen and oxygen atoms in total. The first-order chi connectivity index (χ1) is 12.0. The number of hydrogen-bond acceptors (Lipinski definition) is 6. The summed E-state index contributed by atoms with van der Waals surface area (Å²) >= 11 is 2.72. The van der Waals surface area contributed by atoms with Gasteiger partial charge in [-0.3, -0.25) is 14.9 Å². The second kappa shape index (κ2) is 7.20. The molecule has 1 atom stereocenters. The van der Waals surface area contributed by atoms with Crippen molar-refractivity contribution < 1.29 is 9.72 Å². The van der Waals surface area contributed by atoms with Crippen molar-refractivity contribution in [2.45, 2.75) is 16.5 Å². The van der Waals surface area contributed by atoms with E-state index in [-0.39, 0.29) is 16.8 Å². The van der Waals surface area contributed by atoms with Crippen LogP contribution in [0.5, 0.6) is 0 Å². The number of fused-ring (bicyclic) bond motifs is 1. The van der Waals surface area contributed by atoms with Crippen LogP contribution in [0.15, 0.2) is 52.9 Å². The zero-order valence-electron chi connectivity index (χ0n) is 13.6. The van der Waals surface area contributed by atoms with Crippen LogP contribution in [0.3, 0.4) is 0 Å². The fraction of sp³-hybridized carbons (Fsp3) is 0.176. The normalized spacial score (nSPS) is 12.1. The van der Waals surface area contributed by atoms with Crippen LogP contribution in [0.1, 0.15) is 6.92 Å². The number of hydrogen-bond donors (Lipinski definition) is 0. The third kappa shape index (κ3) is 3.80. The van der Waals surface area contributed by atoms with Gasteiger partial charge in [0, 0.05) is 24.9 Å². The molecule has 8 heteroatoms. The van der Waals surface area contributed by atoms with E-state index in [1.807, 2.05) is 37.3 Å². The standard InChI is InChI=1S/C17H15N3O3S2/c1-11(16(21)19(2)12-6-4-3-5-7-12)24-17-18-14-9-8-13(20(22)23)10-15(14)25-17/h3-11H,1-2H3/t11-/m0/s1. The average Bonchev–Trinajstić information content (AvgIpc) is 3.02. The number of amides is 1. The maximum atomic E-state index is 12.6. The predicted molar refractivity (Wildman–Crippen MR) is 101 cm³/mol. The summed E-state index contributed by atoms with van der Waals surface area (Å²) in [6.07, 6.45) is 0. The van der Waals surface area contributed by atoms with Crippen molar-refractivity contribution >= 4 is 50.6 Å². The number of para-hydroxylation sites is 1. The van der Waals surface area contributed by atoms with Gasteiger partial charge in [-0.15, -0.1) is 11.3 Å². The number of thiazole rings is 1. The molecule has 0 spiro atoms. The number of carbonyl (C=O) groups excluding carboxylic acids is 1. The predicted octanol–water partition coefficient (Wildman–Crippen LogP) is 4.35. The lowest BCUT2D eigenvalue weighted by atomic mass is 10.3. The van der Waals surface area contributed by atoms with Gasteiger partial charge in [0.25, 0.3) is 5.69 Å². The van der Waals surface area contributed by atoms with E-state index in [0.29, 0.717) is 5.52 Å². The summed E-state index contributed by atoms with van der Waals surface area (Å²) in [5.41, 5.74) is 1.58. The van der Waals surface area contributed by atoms with Crippen molar-refractivity contribution in [2.24, 2.45) is 0 Å². The summed E-state index contributed by atoms with van der Waals surface area (Å²) in [7, 11) is 1.75. The third-order valence-corrected chi connectivity index (χ3v) is 5.86. The van der Waals surface area contributed by atoms with E-state index in [1.54, 1.807) is 18.0 Å². The molecule has 1 heterocycles. The lowest BCUT2D eigenvalue weighted by Gasteiger charge is -2.20. The van der Waals surface area contributed by atoms with E-state index < -0.39 is 4.92 Å². The molecule has 0 radical (unpaired) electrons. The smallest absolute Gasteiger partial charge is 0.270 e. The Labute approximate surface area is 152 Å². The molecule has 0 aliphatic heterocycles. The van der Waals surface area contributed by atoms with Crippen LogP contribution in [0.2, 0.25) is 0 Å². The maximum absolute atomic E-state index is 12.6. The first-order valence-corrected chi connectivity index (χ1v) is 9.19. The molecule has 0 aliphatic carbocycles. The molecular formula is C17H15N3O3S2. The van der Waals surface area contributed by atoms with Crippen molar-refractivity contribution in [3.63, 3.8) is 0 Å². The van der Waals surface area contributed by atoms with Gasteiger partial charge in [0.2, 0.25) is 5.91 Å². The van der Waals surface area contributed by atoms with Crippen LogP contribution in [0.25, 0.3) is 10.2 Å². The second-order valence-corrected chi connectivity index (χ2v) is 8.00. The highest BCUT2D eigenvalue weighted by molar-refractivity contribution is 8.02. The molecule has 25 heavy (non-hydrogen) atoms. The van der Waals surface area contributed by atoms with Crippen LogP contribution in [-0.4, -0.2) is 28.1 Å². The van der Waals surface area contributed by atoms with E-state index in [9.17, 15) is 14.9 Å². The first-order valence-electron chi connectivity index (χ1n) is 7.50. The quantitative estimate of drug-likeness (QED) is 0.377. The highest BCUT2D eigenvalue weighted by Crippen LogP contribution is 2.34. The Hall–Kier alpha value is -2.45. The van der Waals surface area contributed by atoms with Crippen molar-refractivity contribution in [3.05, 3.63) is 58.6 Å². The lowest BCUT2D eigenvalue weighted by molar-refractivity contribution is -0.384. The number of anilines is 1. The van der Waals surface area contributed by atoms with Gasteiger partial charge in [0.1, 0.15) is 0 Å². The second-order valence-electron chi connectivity index (χ2n) is 5.38.